The van der Waals surface area contributed by atoms with Gasteiger partial charge in [0.15, 0.2) is 0 Å². The minimum absolute atomic E-state index is 0.326. The number of benzene rings is 1. The van der Waals surface area contributed by atoms with Crippen molar-refractivity contribution < 1.29 is 4.74 Å². The predicted molar refractivity (Wildman–Crippen MR) is 83.2 cm³/mol. The highest BCUT2D eigenvalue weighted by atomic mass is 16.5. The molecule has 108 valence electrons. The van der Waals surface area contributed by atoms with Crippen LogP contribution < -0.4 is 15.0 Å². The molecule has 3 heteroatoms. The van der Waals surface area contributed by atoms with Crippen molar-refractivity contribution in [2.45, 2.75) is 26.7 Å². The van der Waals surface area contributed by atoms with Crippen LogP contribution in [0.15, 0.2) is 24.3 Å². The molecule has 0 saturated carbocycles. The van der Waals surface area contributed by atoms with Gasteiger partial charge in [0.1, 0.15) is 5.75 Å². The second kappa shape index (κ2) is 7.39. The molecule has 1 N–H and O–H groups in total. The fourth-order valence-electron chi connectivity index (χ4n) is 2.60. The number of anilines is 1. The average molecular weight is 264 g/mol. The van der Waals surface area contributed by atoms with Crippen molar-refractivity contribution in [3.8, 4) is 5.75 Å². The summed E-state index contributed by atoms with van der Waals surface area (Å²) < 4.78 is 5.30. The van der Waals surface area contributed by atoms with Crippen molar-refractivity contribution in [2.24, 2.45) is 5.41 Å². The van der Waals surface area contributed by atoms with Crippen LogP contribution in [0.4, 0.5) is 5.69 Å². The molecule has 0 radical (unpaired) electrons. The molecule has 19 heavy (non-hydrogen) atoms. The van der Waals surface area contributed by atoms with Gasteiger partial charge in [-0.2, -0.15) is 0 Å². The number of nitrogens with one attached hydrogen (secondary N) is 1. The Labute approximate surface area is 118 Å². The SMILES string of the molecule is CCC(CC)(CNC)CN(C)c1cccc(OC)c1. The van der Waals surface area contributed by atoms with E-state index in [2.05, 4.69) is 43.2 Å². The van der Waals surface area contributed by atoms with Crippen molar-refractivity contribution >= 4 is 5.69 Å². The molecule has 1 aromatic carbocycles. The lowest BCUT2D eigenvalue weighted by molar-refractivity contribution is 0.262. The largest absolute Gasteiger partial charge is 0.497 e. The summed E-state index contributed by atoms with van der Waals surface area (Å²) in [5.74, 6) is 0.913. The van der Waals surface area contributed by atoms with Crippen LogP contribution in [0.2, 0.25) is 0 Å². The van der Waals surface area contributed by atoms with E-state index in [1.54, 1.807) is 7.11 Å². The molecule has 0 fully saturated rings. The third-order valence-electron chi connectivity index (χ3n) is 4.12. The predicted octanol–water partition coefficient (Wildman–Crippen LogP) is 3.16. The summed E-state index contributed by atoms with van der Waals surface area (Å²) in [5, 5.41) is 3.34. The Bertz CT molecular complexity index is 375. The van der Waals surface area contributed by atoms with Crippen molar-refractivity contribution in [1.29, 1.82) is 0 Å². The van der Waals surface area contributed by atoms with Crippen LogP contribution in [-0.2, 0) is 0 Å². The van der Waals surface area contributed by atoms with Gasteiger partial charge in [-0.15, -0.1) is 0 Å². The van der Waals surface area contributed by atoms with E-state index in [0.717, 1.165) is 18.8 Å². The van der Waals surface area contributed by atoms with Crippen LogP contribution in [-0.4, -0.2) is 34.3 Å². The maximum atomic E-state index is 5.30. The maximum Gasteiger partial charge on any atom is 0.120 e. The second-order valence-corrected chi connectivity index (χ2v) is 5.29. The molecular weight excluding hydrogens is 236 g/mol. The van der Waals surface area contributed by atoms with Gasteiger partial charge in [0.05, 0.1) is 7.11 Å². The molecule has 0 aliphatic carbocycles. The average Bonchev–Trinajstić information content (AvgIpc) is 2.46. The normalized spacial score (nSPS) is 11.4. The summed E-state index contributed by atoms with van der Waals surface area (Å²) >= 11 is 0. The number of methoxy groups -OCH3 is 1. The number of nitrogens with zero attached hydrogens (tertiary/aromatic N) is 1. The van der Waals surface area contributed by atoms with Crippen molar-refractivity contribution in [3.05, 3.63) is 24.3 Å². The maximum absolute atomic E-state index is 5.30. The van der Waals surface area contributed by atoms with E-state index in [-0.39, 0.29) is 0 Å². The van der Waals surface area contributed by atoms with Crippen LogP contribution in [0, 0.1) is 5.41 Å². The first kappa shape index (κ1) is 15.8. The standard InChI is InChI=1S/C16H28N2O/c1-6-16(7-2,12-17-3)13-18(4)14-9-8-10-15(11-14)19-5/h8-11,17H,6-7,12-13H2,1-5H3. The molecule has 0 spiro atoms. The molecule has 1 rings (SSSR count). The van der Waals surface area contributed by atoms with E-state index in [9.17, 15) is 0 Å². The molecule has 0 aromatic heterocycles. The lowest BCUT2D eigenvalue weighted by Gasteiger charge is -2.36. The number of hydrogen-bond donors (Lipinski definition) is 1. The molecule has 0 atom stereocenters. The smallest absolute Gasteiger partial charge is 0.120 e. The van der Waals surface area contributed by atoms with Gasteiger partial charge in [0.25, 0.3) is 0 Å². The number of hydrogen-bond acceptors (Lipinski definition) is 3. The lowest BCUT2D eigenvalue weighted by Crippen LogP contribution is -2.41. The van der Waals surface area contributed by atoms with Gasteiger partial charge < -0.3 is 15.0 Å². The Kier molecular flexibility index (Phi) is 6.16. The first-order chi connectivity index (χ1) is 9.10. The van der Waals surface area contributed by atoms with E-state index >= 15 is 0 Å². The number of rotatable bonds is 8. The Morgan fingerprint density at radius 3 is 2.47 bits per heavy atom. The van der Waals surface area contributed by atoms with E-state index in [1.165, 1.54) is 18.5 Å². The van der Waals surface area contributed by atoms with Gasteiger partial charge in [-0.25, -0.2) is 0 Å². The second-order valence-electron chi connectivity index (χ2n) is 5.29. The van der Waals surface area contributed by atoms with Crippen LogP contribution >= 0.6 is 0 Å². The summed E-state index contributed by atoms with van der Waals surface area (Å²) in [5.41, 5.74) is 1.54. The fourth-order valence-corrected chi connectivity index (χ4v) is 2.60. The summed E-state index contributed by atoms with van der Waals surface area (Å²) in [4.78, 5) is 2.33. The highest BCUT2D eigenvalue weighted by Crippen LogP contribution is 2.29. The minimum atomic E-state index is 0.326. The van der Waals surface area contributed by atoms with Crippen molar-refractivity contribution in [2.75, 3.05) is 39.2 Å². The molecule has 0 aliphatic heterocycles. The Hall–Kier alpha value is -1.22. The zero-order chi connectivity index (χ0) is 14.3. The monoisotopic (exact) mass is 264 g/mol. The third-order valence-corrected chi connectivity index (χ3v) is 4.12. The van der Waals surface area contributed by atoms with E-state index in [0.29, 0.717) is 5.41 Å². The topological polar surface area (TPSA) is 24.5 Å². The first-order valence-corrected chi connectivity index (χ1v) is 7.10. The van der Waals surface area contributed by atoms with Gasteiger partial charge >= 0.3 is 0 Å². The molecular formula is C16H28N2O. The Balaban J connectivity index is 2.83. The third kappa shape index (κ3) is 4.13. The molecule has 1 aromatic rings. The van der Waals surface area contributed by atoms with Crippen molar-refractivity contribution in [1.82, 2.24) is 5.32 Å². The van der Waals surface area contributed by atoms with E-state index in [4.69, 9.17) is 4.74 Å². The highest BCUT2D eigenvalue weighted by Gasteiger charge is 2.27. The molecule has 0 amide bonds. The summed E-state index contributed by atoms with van der Waals surface area (Å²) in [6.07, 6.45) is 2.36. The van der Waals surface area contributed by atoms with Gasteiger partial charge in [-0.3, -0.25) is 0 Å². The van der Waals surface area contributed by atoms with Crippen molar-refractivity contribution in [3.63, 3.8) is 0 Å². The summed E-state index contributed by atoms with van der Waals surface area (Å²) in [6.45, 7) is 6.66. The minimum Gasteiger partial charge on any atom is -0.497 e. The van der Waals surface area contributed by atoms with Crippen LogP contribution in [0.25, 0.3) is 0 Å². The van der Waals surface area contributed by atoms with Gasteiger partial charge in [0, 0.05) is 31.9 Å². The molecule has 0 heterocycles. The van der Waals surface area contributed by atoms with Gasteiger partial charge in [-0.05, 0) is 37.4 Å². The molecule has 0 saturated heterocycles. The van der Waals surface area contributed by atoms with E-state index in [1.807, 2.05) is 19.2 Å². The Morgan fingerprint density at radius 1 is 1.26 bits per heavy atom. The fraction of sp³-hybridized carbons (Fsp3) is 0.625. The highest BCUT2D eigenvalue weighted by molar-refractivity contribution is 5.50. The molecule has 0 unspecified atom stereocenters. The molecule has 0 aliphatic rings. The van der Waals surface area contributed by atoms with E-state index < -0.39 is 0 Å². The lowest BCUT2D eigenvalue weighted by atomic mass is 9.81. The molecule has 3 nitrogen and oxygen atoms in total. The zero-order valence-corrected chi connectivity index (χ0v) is 13.0. The number of ether oxygens (including phenoxy) is 1. The Morgan fingerprint density at radius 2 is 1.95 bits per heavy atom. The zero-order valence-electron chi connectivity index (χ0n) is 13.0. The van der Waals surface area contributed by atoms with Crippen LogP contribution in [0.3, 0.4) is 0 Å². The first-order valence-electron chi connectivity index (χ1n) is 7.10. The van der Waals surface area contributed by atoms with Crippen LogP contribution in [0.5, 0.6) is 5.75 Å². The quantitative estimate of drug-likeness (QED) is 0.780. The van der Waals surface area contributed by atoms with Gasteiger partial charge in [0.2, 0.25) is 0 Å². The van der Waals surface area contributed by atoms with Crippen LogP contribution in [0.1, 0.15) is 26.7 Å². The molecule has 0 bridgehead atoms. The van der Waals surface area contributed by atoms with Gasteiger partial charge in [-0.1, -0.05) is 19.9 Å². The summed E-state index contributed by atoms with van der Waals surface area (Å²) in [6, 6.07) is 8.26. The summed E-state index contributed by atoms with van der Waals surface area (Å²) in [7, 11) is 5.90.